The van der Waals surface area contributed by atoms with Crippen LogP contribution in [0.3, 0.4) is 0 Å². The van der Waals surface area contributed by atoms with Gasteiger partial charge in [-0.3, -0.25) is 0 Å². The molecule has 0 radical (unpaired) electrons. The molecule has 2 atom stereocenters. The lowest BCUT2D eigenvalue weighted by atomic mass is 9.96. The molecule has 2 aromatic carbocycles. The van der Waals surface area contributed by atoms with Crippen molar-refractivity contribution >= 4 is 17.9 Å². The molecular formula is C42H45F7N4O7. The number of aromatic nitrogens is 3. The van der Waals surface area contributed by atoms with Crippen LogP contribution >= 0.6 is 0 Å². The zero-order valence-electron chi connectivity index (χ0n) is 33.7. The fourth-order valence-electron chi connectivity index (χ4n) is 5.55. The normalized spacial score (nSPS) is 13.8. The van der Waals surface area contributed by atoms with Gasteiger partial charge >= 0.3 is 24.5 Å². The van der Waals surface area contributed by atoms with Crippen LogP contribution in [0.4, 0.5) is 46.0 Å². The first-order valence-electron chi connectivity index (χ1n) is 18.5. The van der Waals surface area contributed by atoms with Crippen molar-refractivity contribution in [1.82, 2.24) is 15.2 Å². The number of rotatable bonds is 15. The predicted octanol–water partition coefficient (Wildman–Crippen LogP) is 11.5. The molecule has 60 heavy (non-hydrogen) atoms. The van der Waals surface area contributed by atoms with E-state index in [1.807, 2.05) is 0 Å². The van der Waals surface area contributed by atoms with E-state index in [9.17, 15) is 14.0 Å². The molecule has 0 spiro atoms. The minimum atomic E-state index is -5.31. The monoisotopic (exact) mass is 850 g/mol. The topological polar surface area (TPSA) is 126 Å². The van der Waals surface area contributed by atoms with Crippen LogP contribution in [0.5, 0.6) is 5.88 Å². The molecule has 4 rings (SSSR count). The van der Waals surface area contributed by atoms with Crippen LogP contribution in [0.2, 0.25) is 0 Å². The quantitative estimate of drug-likeness (QED) is 0.0842. The highest BCUT2D eigenvalue weighted by Gasteiger charge is 2.61. The van der Waals surface area contributed by atoms with Gasteiger partial charge in [0.2, 0.25) is 11.5 Å². The van der Waals surface area contributed by atoms with Crippen molar-refractivity contribution < 1.29 is 63.7 Å². The largest absolute Gasteiger partial charge is 0.473 e. The molecule has 0 saturated carbocycles. The average Bonchev–Trinajstić information content (AvgIpc) is 3.62. The molecule has 2 unspecified atom stereocenters. The van der Waals surface area contributed by atoms with Crippen LogP contribution in [0.25, 0.3) is 11.6 Å². The molecule has 0 fully saturated rings. The molecule has 11 nitrogen and oxygen atoms in total. The van der Waals surface area contributed by atoms with E-state index in [0.29, 0.717) is 17.2 Å². The predicted molar refractivity (Wildman–Crippen MR) is 205 cm³/mol. The summed E-state index contributed by atoms with van der Waals surface area (Å²) in [7, 11) is 0. The number of benzene rings is 2. The van der Waals surface area contributed by atoms with E-state index < -0.39 is 101 Å². The molecule has 0 bridgehead atoms. The molecule has 0 saturated heterocycles. The molecule has 2 aromatic heterocycles. The summed E-state index contributed by atoms with van der Waals surface area (Å²) >= 11 is 0. The van der Waals surface area contributed by atoms with Crippen molar-refractivity contribution in [3.63, 3.8) is 0 Å². The third kappa shape index (κ3) is 12.1. The Bertz CT molecular complexity index is 2080. The standard InChI is InChI=1S/C42H45F7N4O7/c1-9-11-22-40(42(47,48)49,56-25-27-16-13-12-14-17-27)35-52-51-34(58-35)32-31(53(36(54)59-38(3,4)5)37(55)60-39(6,7)8)24-30(41(44,45)46)33(50-32)57-29(15-10-2)23-26-18-20-28(43)21-19-26/h9-10,12-14,16-21,24,29H,1-2,11,15,22-23,25H2,3-8H3. The maximum Gasteiger partial charge on any atom is 0.426 e. The van der Waals surface area contributed by atoms with Crippen molar-refractivity contribution in [1.29, 1.82) is 0 Å². The highest BCUT2D eigenvalue weighted by Crippen LogP contribution is 2.48. The lowest BCUT2D eigenvalue weighted by molar-refractivity contribution is -0.299. The van der Waals surface area contributed by atoms with Gasteiger partial charge in [0.15, 0.2) is 5.69 Å². The number of hydrogen-bond donors (Lipinski definition) is 0. The number of ether oxygens (including phenoxy) is 4. The summed E-state index contributed by atoms with van der Waals surface area (Å²) in [6.07, 6.45) is -13.5. The van der Waals surface area contributed by atoms with Crippen LogP contribution in [0, 0.1) is 5.82 Å². The van der Waals surface area contributed by atoms with Gasteiger partial charge in [-0.1, -0.05) is 54.6 Å². The summed E-state index contributed by atoms with van der Waals surface area (Å²) < 4.78 is 133. The molecule has 2 heterocycles. The average molecular weight is 851 g/mol. The van der Waals surface area contributed by atoms with Crippen molar-refractivity contribution in [2.75, 3.05) is 4.90 Å². The van der Waals surface area contributed by atoms with Crippen LogP contribution in [-0.4, -0.2) is 50.9 Å². The highest BCUT2D eigenvalue weighted by molar-refractivity contribution is 6.11. The van der Waals surface area contributed by atoms with Crippen molar-refractivity contribution in [2.45, 2.75) is 109 Å². The third-order valence-electron chi connectivity index (χ3n) is 8.21. The molecule has 18 heteroatoms. The Morgan fingerprint density at radius 3 is 1.95 bits per heavy atom. The Balaban J connectivity index is 2.05. The minimum Gasteiger partial charge on any atom is -0.473 e. The number of allylic oxidation sites excluding steroid dienone is 1. The van der Waals surface area contributed by atoms with E-state index in [1.54, 1.807) is 18.2 Å². The van der Waals surface area contributed by atoms with Crippen molar-refractivity contribution in [3.05, 3.63) is 114 Å². The van der Waals surface area contributed by atoms with Crippen molar-refractivity contribution in [2.24, 2.45) is 0 Å². The third-order valence-corrected chi connectivity index (χ3v) is 8.21. The summed E-state index contributed by atoms with van der Waals surface area (Å²) in [4.78, 5) is 31.8. The van der Waals surface area contributed by atoms with Gasteiger partial charge in [-0.15, -0.1) is 23.4 Å². The number of amides is 2. The number of carbonyl (C=O) groups is 2. The first-order chi connectivity index (χ1) is 27.9. The zero-order valence-corrected chi connectivity index (χ0v) is 33.7. The van der Waals surface area contributed by atoms with Gasteiger partial charge in [-0.2, -0.15) is 31.2 Å². The molecule has 0 aliphatic heterocycles. The molecule has 0 N–H and O–H groups in total. The number of nitrogens with zero attached hydrogens (tertiary/aromatic N) is 4. The fraction of sp³-hybridized carbons (Fsp3) is 0.405. The molecular weight excluding hydrogens is 805 g/mol. The minimum absolute atomic E-state index is 0.0732. The highest BCUT2D eigenvalue weighted by atomic mass is 19.4. The number of carbonyl (C=O) groups excluding carboxylic acids is 2. The van der Waals surface area contributed by atoms with Crippen LogP contribution < -0.4 is 9.64 Å². The van der Waals surface area contributed by atoms with Gasteiger partial charge in [0.25, 0.3) is 11.8 Å². The number of pyridine rings is 1. The second-order valence-corrected chi connectivity index (χ2v) is 15.4. The smallest absolute Gasteiger partial charge is 0.426 e. The zero-order chi connectivity index (χ0) is 44.7. The number of halogens is 7. The molecule has 0 aliphatic carbocycles. The Kier molecular flexibility index (Phi) is 14.6. The lowest BCUT2D eigenvalue weighted by Crippen LogP contribution is -2.45. The Hall–Kier alpha value is -5.78. The van der Waals surface area contributed by atoms with E-state index >= 15 is 26.3 Å². The number of hydrogen-bond acceptors (Lipinski definition) is 10. The number of anilines is 1. The summed E-state index contributed by atoms with van der Waals surface area (Å²) in [5.74, 6) is -3.88. The van der Waals surface area contributed by atoms with Gasteiger partial charge in [0, 0.05) is 12.8 Å². The van der Waals surface area contributed by atoms with Gasteiger partial charge in [-0.25, -0.2) is 19.0 Å². The first-order valence-corrected chi connectivity index (χ1v) is 18.5. The van der Waals surface area contributed by atoms with Gasteiger partial charge in [-0.05, 0) is 83.7 Å². The van der Waals surface area contributed by atoms with Crippen LogP contribution in [0.15, 0.2) is 90.4 Å². The van der Waals surface area contributed by atoms with Gasteiger partial charge < -0.3 is 23.4 Å². The second-order valence-electron chi connectivity index (χ2n) is 15.4. The van der Waals surface area contributed by atoms with Crippen molar-refractivity contribution in [3.8, 4) is 17.5 Å². The maximum atomic E-state index is 15.3. The number of imide groups is 1. The first kappa shape index (κ1) is 46.9. The maximum absolute atomic E-state index is 15.3. The van der Waals surface area contributed by atoms with E-state index in [-0.39, 0.29) is 24.2 Å². The summed E-state index contributed by atoms with van der Waals surface area (Å²) in [5.41, 5.74) is -8.76. The second kappa shape index (κ2) is 18.6. The van der Waals surface area contributed by atoms with E-state index in [1.165, 1.54) is 78.0 Å². The van der Waals surface area contributed by atoms with E-state index in [4.69, 9.17) is 23.4 Å². The Morgan fingerprint density at radius 1 is 0.833 bits per heavy atom. The van der Waals surface area contributed by atoms with Crippen LogP contribution in [0.1, 0.15) is 83.4 Å². The molecule has 2 amide bonds. The summed E-state index contributed by atoms with van der Waals surface area (Å²) in [6.45, 7) is 15.0. The van der Waals surface area contributed by atoms with Crippen LogP contribution in [-0.2, 0) is 39.0 Å². The van der Waals surface area contributed by atoms with E-state index in [0.717, 1.165) is 12.1 Å². The summed E-state index contributed by atoms with van der Waals surface area (Å²) in [5, 5.41) is 7.43. The Morgan fingerprint density at radius 2 is 1.43 bits per heavy atom. The van der Waals surface area contributed by atoms with Gasteiger partial charge in [0.1, 0.15) is 28.7 Å². The SMILES string of the molecule is C=CCCC(OCc1ccccc1)(c1nnc(-c2nc(OC(CC=C)Cc3ccc(F)cc3)c(C(F)(F)F)cc2N(C(=O)OC(C)(C)C)C(=O)OC(C)(C)C)o1)C(F)(F)F. The number of alkyl halides is 6. The lowest BCUT2D eigenvalue weighted by Gasteiger charge is -2.32. The Labute approximate surface area is 342 Å². The van der Waals surface area contributed by atoms with E-state index in [2.05, 4.69) is 28.3 Å². The fourth-order valence-corrected chi connectivity index (χ4v) is 5.55. The van der Waals surface area contributed by atoms with Gasteiger partial charge in [0.05, 0.1) is 12.3 Å². The molecule has 324 valence electrons. The molecule has 4 aromatic rings. The summed E-state index contributed by atoms with van der Waals surface area (Å²) in [6, 6.07) is 13.2. The molecule has 0 aliphatic rings.